The quantitative estimate of drug-likeness (QED) is 0.775. The highest BCUT2D eigenvalue weighted by Crippen LogP contribution is 2.24. The average molecular weight is 389 g/mol. The van der Waals surface area contributed by atoms with Crippen LogP contribution in [-0.4, -0.2) is 60.8 Å². The molecule has 1 aromatic rings. The maximum Gasteiger partial charge on any atom is 0.335 e. The van der Waals surface area contributed by atoms with Gasteiger partial charge in [0, 0.05) is 38.5 Å². The highest BCUT2D eigenvalue weighted by molar-refractivity contribution is 5.88. The van der Waals surface area contributed by atoms with Crippen LogP contribution in [0.4, 0.5) is 5.69 Å². The van der Waals surface area contributed by atoms with E-state index in [1.54, 1.807) is 12.1 Å². The predicted molar refractivity (Wildman–Crippen MR) is 109 cm³/mol. The van der Waals surface area contributed by atoms with Crippen molar-refractivity contribution in [1.29, 1.82) is 0 Å². The third-order valence-corrected chi connectivity index (χ3v) is 5.92. The molecular weight excluding hydrogens is 356 g/mol. The summed E-state index contributed by atoms with van der Waals surface area (Å²) in [6.45, 7) is 5.68. The molecule has 154 valence electrons. The van der Waals surface area contributed by atoms with Crippen LogP contribution >= 0.6 is 0 Å². The van der Waals surface area contributed by atoms with Gasteiger partial charge in [0.1, 0.15) is 0 Å². The highest BCUT2D eigenvalue weighted by atomic mass is 16.5. The number of aromatic carboxylic acids is 1. The molecule has 6 nitrogen and oxygen atoms in total. The van der Waals surface area contributed by atoms with Crippen LogP contribution in [0, 0.1) is 5.92 Å². The van der Waals surface area contributed by atoms with Gasteiger partial charge in [0.2, 0.25) is 5.91 Å². The van der Waals surface area contributed by atoms with Crippen LogP contribution in [0.1, 0.15) is 55.8 Å². The highest BCUT2D eigenvalue weighted by Gasteiger charge is 2.23. The zero-order valence-electron chi connectivity index (χ0n) is 16.8. The van der Waals surface area contributed by atoms with Crippen molar-refractivity contribution in [3.05, 3.63) is 29.8 Å². The number of carboxylic acids is 1. The molecule has 1 amide bonds. The van der Waals surface area contributed by atoms with Crippen molar-refractivity contribution in [1.82, 2.24) is 4.90 Å². The second-order valence-electron chi connectivity index (χ2n) is 8.07. The number of nitrogens with zero attached hydrogens (tertiary/aromatic N) is 2. The van der Waals surface area contributed by atoms with E-state index in [1.807, 2.05) is 24.0 Å². The van der Waals surface area contributed by atoms with Crippen LogP contribution < -0.4 is 4.90 Å². The van der Waals surface area contributed by atoms with E-state index < -0.39 is 5.97 Å². The van der Waals surface area contributed by atoms with Gasteiger partial charge in [-0.3, -0.25) is 4.79 Å². The molecule has 1 N–H and O–H groups in total. The number of amides is 1. The monoisotopic (exact) mass is 388 g/mol. The lowest BCUT2D eigenvalue weighted by atomic mass is 9.90. The summed E-state index contributed by atoms with van der Waals surface area (Å²) in [5.74, 6) is -0.0822. The van der Waals surface area contributed by atoms with Gasteiger partial charge in [-0.1, -0.05) is 19.3 Å². The van der Waals surface area contributed by atoms with Crippen LogP contribution in [0.15, 0.2) is 24.3 Å². The molecule has 1 heterocycles. The van der Waals surface area contributed by atoms with E-state index in [0.29, 0.717) is 31.0 Å². The van der Waals surface area contributed by atoms with Crippen molar-refractivity contribution in [3.63, 3.8) is 0 Å². The smallest absolute Gasteiger partial charge is 0.335 e. The van der Waals surface area contributed by atoms with Crippen LogP contribution in [0.5, 0.6) is 0 Å². The molecule has 2 fully saturated rings. The SMILES string of the molecule is C[C@H](CC(=O)N1CCN(c2ccc(C(=O)O)cc2)CC1)OCC1CCCCC1. The first-order chi connectivity index (χ1) is 13.5. The number of hydrogen-bond donors (Lipinski definition) is 1. The fourth-order valence-corrected chi connectivity index (χ4v) is 4.12. The summed E-state index contributed by atoms with van der Waals surface area (Å²) in [5, 5.41) is 9.00. The Labute approximate surface area is 167 Å². The van der Waals surface area contributed by atoms with Crippen LogP contribution in [-0.2, 0) is 9.53 Å². The number of hydrogen-bond acceptors (Lipinski definition) is 4. The Morgan fingerprint density at radius 1 is 1.07 bits per heavy atom. The van der Waals surface area contributed by atoms with E-state index in [4.69, 9.17) is 9.84 Å². The third-order valence-electron chi connectivity index (χ3n) is 5.92. The van der Waals surface area contributed by atoms with Crippen molar-refractivity contribution in [2.24, 2.45) is 5.92 Å². The maximum atomic E-state index is 12.6. The Hall–Kier alpha value is -2.08. The number of carboxylic acid groups (broad SMARTS) is 1. The maximum absolute atomic E-state index is 12.6. The third kappa shape index (κ3) is 5.71. The van der Waals surface area contributed by atoms with Crippen molar-refractivity contribution < 1.29 is 19.4 Å². The van der Waals surface area contributed by atoms with Crippen molar-refractivity contribution in [3.8, 4) is 0 Å². The number of piperazine rings is 1. The van der Waals surface area contributed by atoms with E-state index in [9.17, 15) is 9.59 Å². The molecule has 0 unspecified atom stereocenters. The Balaban J connectivity index is 1.39. The molecule has 2 aliphatic rings. The first-order valence-corrected chi connectivity index (χ1v) is 10.5. The van der Waals surface area contributed by atoms with Crippen LogP contribution in [0.3, 0.4) is 0 Å². The van der Waals surface area contributed by atoms with Gasteiger partial charge >= 0.3 is 5.97 Å². The molecular formula is C22H32N2O4. The molecule has 0 spiro atoms. The molecule has 1 aliphatic carbocycles. The first-order valence-electron chi connectivity index (χ1n) is 10.5. The fourth-order valence-electron chi connectivity index (χ4n) is 4.12. The molecule has 1 aromatic carbocycles. The Morgan fingerprint density at radius 2 is 1.71 bits per heavy atom. The summed E-state index contributed by atoms with van der Waals surface area (Å²) in [4.78, 5) is 27.7. The predicted octanol–water partition coefficient (Wildman–Crippen LogP) is 3.41. The van der Waals surface area contributed by atoms with Crippen molar-refractivity contribution in [2.45, 2.75) is 51.6 Å². The van der Waals surface area contributed by atoms with Crippen LogP contribution in [0.25, 0.3) is 0 Å². The summed E-state index contributed by atoms with van der Waals surface area (Å²) in [5.41, 5.74) is 1.29. The van der Waals surface area contributed by atoms with Crippen LogP contribution in [0.2, 0.25) is 0 Å². The van der Waals surface area contributed by atoms with E-state index in [0.717, 1.165) is 25.4 Å². The van der Waals surface area contributed by atoms with Crippen molar-refractivity contribution >= 4 is 17.6 Å². The minimum absolute atomic E-state index is 0.0315. The van der Waals surface area contributed by atoms with Gasteiger partial charge in [0.05, 0.1) is 18.1 Å². The summed E-state index contributed by atoms with van der Waals surface area (Å²) in [6, 6.07) is 6.92. The van der Waals surface area contributed by atoms with Gasteiger partial charge in [-0.15, -0.1) is 0 Å². The lowest BCUT2D eigenvalue weighted by Crippen LogP contribution is -2.49. The average Bonchev–Trinajstić information content (AvgIpc) is 2.73. The Morgan fingerprint density at radius 3 is 2.32 bits per heavy atom. The number of rotatable bonds is 7. The number of carbonyl (C=O) groups is 2. The van der Waals surface area contributed by atoms with Gasteiger partial charge in [-0.25, -0.2) is 4.79 Å². The fraction of sp³-hybridized carbons (Fsp3) is 0.636. The minimum Gasteiger partial charge on any atom is -0.478 e. The second-order valence-corrected chi connectivity index (χ2v) is 8.07. The topological polar surface area (TPSA) is 70.1 Å². The molecule has 1 saturated carbocycles. The molecule has 0 bridgehead atoms. The zero-order chi connectivity index (χ0) is 19.9. The molecule has 1 aliphatic heterocycles. The number of carbonyl (C=O) groups excluding carboxylic acids is 1. The normalized spacial score (nSPS) is 19.5. The van der Waals surface area contributed by atoms with E-state index in [1.165, 1.54) is 32.1 Å². The second kappa shape index (κ2) is 9.92. The summed E-state index contributed by atoms with van der Waals surface area (Å²) in [6.07, 6.45) is 6.90. The minimum atomic E-state index is -0.915. The largest absolute Gasteiger partial charge is 0.478 e. The zero-order valence-corrected chi connectivity index (χ0v) is 16.8. The lowest BCUT2D eigenvalue weighted by Gasteiger charge is -2.36. The summed E-state index contributed by atoms with van der Waals surface area (Å²) in [7, 11) is 0. The van der Waals surface area contributed by atoms with E-state index in [-0.39, 0.29) is 12.0 Å². The molecule has 28 heavy (non-hydrogen) atoms. The molecule has 6 heteroatoms. The molecule has 0 radical (unpaired) electrons. The van der Waals surface area contributed by atoms with Gasteiger partial charge in [0.15, 0.2) is 0 Å². The van der Waals surface area contributed by atoms with Crippen molar-refractivity contribution in [2.75, 3.05) is 37.7 Å². The van der Waals surface area contributed by atoms with Gasteiger partial charge in [-0.2, -0.15) is 0 Å². The Bertz CT molecular complexity index is 647. The van der Waals surface area contributed by atoms with E-state index >= 15 is 0 Å². The number of anilines is 1. The summed E-state index contributed by atoms with van der Waals surface area (Å²) >= 11 is 0. The van der Waals surface area contributed by atoms with Gasteiger partial charge < -0.3 is 19.6 Å². The molecule has 3 rings (SSSR count). The standard InChI is InChI=1S/C22H32N2O4/c1-17(28-16-18-5-3-2-4-6-18)15-21(25)24-13-11-23(12-14-24)20-9-7-19(8-10-20)22(26)27/h7-10,17-18H,2-6,11-16H2,1H3,(H,26,27)/t17-/m1/s1. The number of benzene rings is 1. The molecule has 0 aromatic heterocycles. The first kappa shape index (κ1) is 20.6. The summed E-state index contributed by atoms with van der Waals surface area (Å²) < 4.78 is 5.96. The lowest BCUT2D eigenvalue weighted by molar-refractivity contribution is -0.134. The number of ether oxygens (including phenoxy) is 1. The molecule has 1 saturated heterocycles. The van der Waals surface area contributed by atoms with Gasteiger partial charge in [-0.05, 0) is 49.9 Å². The Kier molecular flexibility index (Phi) is 7.31. The van der Waals surface area contributed by atoms with Gasteiger partial charge in [0.25, 0.3) is 0 Å². The van der Waals surface area contributed by atoms with E-state index in [2.05, 4.69) is 4.90 Å². The molecule has 1 atom stereocenters.